The molecule has 2 aromatic carbocycles. The van der Waals surface area contributed by atoms with Crippen LogP contribution in [0.4, 0.5) is 4.39 Å². The lowest BCUT2D eigenvalue weighted by Gasteiger charge is -1.83. The Morgan fingerprint density at radius 3 is 2.57 bits per heavy atom. The molecule has 4 nitrogen and oxygen atoms in total. The van der Waals surface area contributed by atoms with Crippen molar-refractivity contribution in [3.8, 4) is 0 Å². The zero-order valence-corrected chi connectivity index (χ0v) is 13.2. The molecule has 0 aliphatic rings. The summed E-state index contributed by atoms with van der Waals surface area (Å²) in [5.41, 5.74) is 2.13. The minimum Gasteiger partial charge on any atom is -0.278 e. The second-order valence-electron chi connectivity index (χ2n) is 4.01. The van der Waals surface area contributed by atoms with Crippen molar-refractivity contribution in [3.05, 3.63) is 58.4 Å². The number of nitrogens with one attached hydrogen (secondary N) is 2. The number of rotatable bonds is 0. The number of aromatic nitrogens is 4. The molecule has 0 aliphatic heterocycles. The standard InChI is InChI=1S/C7H5IN2.C7H6N2.CH3F/c8-7-5-3-1-2-4-6(5)9-10-7;1-2-4-7-6(3-1)5-8-9-7;1-2/h1-4H,(H,9,10);1-5H,(H,8,9);1H3/i;;1D. The molecule has 0 aliphatic carbocycles. The molecule has 0 saturated carbocycles. The van der Waals surface area contributed by atoms with Crippen LogP contribution < -0.4 is 0 Å². The monoisotopic (exact) mass is 397 g/mol. The Bertz CT molecular complexity index is 800. The van der Waals surface area contributed by atoms with Gasteiger partial charge >= 0.3 is 0 Å². The minimum absolute atomic E-state index is 1.00. The molecule has 0 bridgehead atoms. The fourth-order valence-electron chi connectivity index (χ4n) is 1.81. The minimum atomic E-state index is -1.00. The van der Waals surface area contributed by atoms with Crippen LogP contribution in [0.1, 0.15) is 1.37 Å². The van der Waals surface area contributed by atoms with E-state index < -0.39 is 7.15 Å². The summed E-state index contributed by atoms with van der Waals surface area (Å²) in [7, 11) is -1.00. The van der Waals surface area contributed by atoms with E-state index in [1.54, 1.807) is 0 Å². The molecule has 4 aromatic rings. The maximum Gasteiger partial charge on any atom is 0.104 e. The van der Waals surface area contributed by atoms with Gasteiger partial charge in [0, 0.05) is 10.8 Å². The first-order valence-electron chi connectivity index (χ1n) is 6.79. The summed E-state index contributed by atoms with van der Waals surface area (Å²) in [6, 6.07) is 16.1. The zero-order valence-electron chi connectivity index (χ0n) is 12.1. The molecule has 2 heterocycles. The third-order valence-electron chi connectivity index (χ3n) is 2.76. The maximum absolute atomic E-state index is 9.96. The Balaban J connectivity index is 0.000000137. The first-order chi connectivity index (χ1) is 10.8. The van der Waals surface area contributed by atoms with E-state index in [9.17, 15) is 4.39 Å². The molecule has 0 radical (unpaired) electrons. The maximum atomic E-state index is 9.96. The van der Waals surface area contributed by atoms with Gasteiger partial charge < -0.3 is 0 Å². The molecule has 108 valence electrons. The zero-order chi connectivity index (χ0) is 15.8. The van der Waals surface area contributed by atoms with E-state index in [2.05, 4.69) is 49.1 Å². The highest BCUT2D eigenvalue weighted by molar-refractivity contribution is 14.1. The molecule has 0 atom stereocenters. The number of hydrogen-bond acceptors (Lipinski definition) is 2. The smallest absolute Gasteiger partial charge is 0.104 e. The molecule has 4 rings (SSSR count). The van der Waals surface area contributed by atoms with E-state index in [0.717, 1.165) is 20.1 Å². The van der Waals surface area contributed by atoms with Crippen LogP contribution in [0.25, 0.3) is 21.8 Å². The fourth-order valence-corrected chi connectivity index (χ4v) is 2.39. The van der Waals surface area contributed by atoms with Crippen molar-refractivity contribution < 1.29 is 5.76 Å². The van der Waals surface area contributed by atoms with Gasteiger partial charge in [0.05, 0.1) is 25.8 Å². The van der Waals surface area contributed by atoms with E-state index in [-0.39, 0.29) is 0 Å². The van der Waals surface area contributed by atoms with E-state index >= 15 is 0 Å². The topological polar surface area (TPSA) is 57.4 Å². The van der Waals surface area contributed by atoms with Gasteiger partial charge in [-0.25, -0.2) is 0 Å². The molecule has 0 unspecified atom stereocenters. The van der Waals surface area contributed by atoms with E-state index in [0.29, 0.717) is 0 Å². The molecule has 0 spiro atoms. The van der Waals surface area contributed by atoms with Crippen molar-refractivity contribution in [3.63, 3.8) is 0 Å². The molecule has 0 amide bonds. The van der Waals surface area contributed by atoms with Crippen LogP contribution in [0, 0.1) is 3.70 Å². The lowest BCUT2D eigenvalue weighted by atomic mass is 10.3. The largest absolute Gasteiger partial charge is 0.278 e. The molecule has 0 fully saturated rings. The third kappa shape index (κ3) is 3.78. The lowest BCUT2D eigenvalue weighted by molar-refractivity contribution is 0.636. The number of para-hydroxylation sites is 2. The van der Waals surface area contributed by atoms with Gasteiger partial charge in [0.1, 0.15) is 3.70 Å². The molecule has 21 heavy (non-hydrogen) atoms. The second-order valence-corrected chi connectivity index (χ2v) is 5.09. The molecular formula is C15H14FIN4. The first kappa shape index (κ1) is 14.0. The van der Waals surface area contributed by atoms with Gasteiger partial charge in [0.15, 0.2) is 0 Å². The Labute approximate surface area is 136 Å². The normalized spacial score (nSPS) is 10.3. The highest BCUT2D eigenvalue weighted by atomic mass is 127. The van der Waals surface area contributed by atoms with E-state index in [1.165, 1.54) is 5.39 Å². The van der Waals surface area contributed by atoms with Crippen LogP contribution in [-0.2, 0) is 0 Å². The van der Waals surface area contributed by atoms with E-state index in [1.807, 2.05) is 48.7 Å². The summed E-state index contributed by atoms with van der Waals surface area (Å²) in [6.07, 6.45) is 1.81. The fraction of sp³-hybridized carbons (Fsp3) is 0.0667. The van der Waals surface area contributed by atoms with Gasteiger partial charge in [0.2, 0.25) is 0 Å². The first-order valence-corrected chi connectivity index (χ1v) is 7.16. The molecule has 6 heteroatoms. The summed E-state index contributed by atoms with van der Waals surface area (Å²) in [4.78, 5) is 0. The number of nitrogens with zero attached hydrogens (tertiary/aromatic N) is 2. The predicted molar refractivity (Wildman–Crippen MR) is 91.9 cm³/mol. The van der Waals surface area contributed by atoms with Gasteiger partial charge in [-0.3, -0.25) is 14.6 Å². The van der Waals surface area contributed by atoms with E-state index in [4.69, 9.17) is 1.37 Å². The van der Waals surface area contributed by atoms with Crippen LogP contribution in [0.5, 0.6) is 0 Å². The highest BCUT2D eigenvalue weighted by Crippen LogP contribution is 2.15. The molecule has 2 N–H and O–H groups in total. The third-order valence-corrected chi connectivity index (χ3v) is 3.59. The van der Waals surface area contributed by atoms with Crippen molar-refractivity contribution in [2.75, 3.05) is 7.15 Å². The van der Waals surface area contributed by atoms with Gasteiger partial charge in [-0.1, -0.05) is 36.4 Å². The average molecular weight is 397 g/mol. The van der Waals surface area contributed by atoms with Crippen molar-refractivity contribution in [1.82, 2.24) is 20.4 Å². The summed E-state index contributed by atoms with van der Waals surface area (Å²) < 4.78 is 16.6. The van der Waals surface area contributed by atoms with Crippen LogP contribution in [-0.4, -0.2) is 27.5 Å². The van der Waals surface area contributed by atoms with Gasteiger partial charge in [0.25, 0.3) is 0 Å². The predicted octanol–water partition coefficient (Wildman–Crippen LogP) is 4.32. The Morgan fingerprint density at radius 2 is 1.81 bits per heavy atom. The number of halogens is 2. The molecule has 2 aromatic heterocycles. The second kappa shape index (κ2) is 7.72. The van der Waals surface area contributed by atoms with Gasteiger partial charge in [-0.15, -0.1) is 0 Å². The summed E-state index contributed by atoms with van der Waals surface area (Å²) in [5, 5.41) is 16.1. The van der Waals surface area contributed by atoms with Crippen LogP contribution in [0.2, 0.25) is 0 Å². The van der Waals surface area contributed by atoms with Gasteiger partial charge in [-0.2, -0.15) is 10.2 Å². The van der Waals surface area contributed by atoms with Crippen molar-refractivity contribution in [2.45, 2.75) is 0 Å². The summed E-state index contributed by atoms with van der Waals surface area (Å²) in [6.45, 7) is 0. The van der Waals surface area contributed by atoms with Crippen LogP contribution >= 0.6 is 22.6 Å². The number of hydrogen-bond donors (Lipinski definition) is 2. The van der Waals surface area contributed by atoms with Crippen molar-refractivity contribution in [1.29, 1.82) is 0 Å². The Hall–Kier alpha value is -1.96. The van der Waals surface area contributed by atoms with Gasteiger partial charge in [-0.05, 0) is 34.7 Å². The Morgan fingerprint density at radius 1 is 1.10 bits per heavy atom. The average Bonchev–Trinajstić information content (AvgIpc) is 3.16. The molecule has 0 saturated heterocycles. The number of benzene rings is 2. The van der Waals surface area contributed by atoms with Crippen molar-refractivity contribution >= 4 is 44.4 Å². The Kier molecular flexibility index (Phi) is 5.15. The molecular weight excluding hydrogens is 382 g/mol. The number of H-pyrrole nitrogens is 2. The van der Waals surface area contributed by atoms with Crippen LogP contribution in [0.3, 0.4) is 0 Å². The van der Waals surface area contributed by atoms with Crippen LogP contribution in [0.15, 0.2) is 54.7 Å². The summed E-state index contributed by atoms with van der Waals surface area (Å²) >= 11 is 2.24. The SMILES string of the molecule is Ic1[nH]nc2ccccc12.[2H]CF.c1ccc2[nH]ncc2c1. The quantitative estimate of drug-likeness (QED) is 0.435. The number of alkyl halides is 1. The number of fused-ring (bicyclic) bond motifs is 2. The summed E-state index contributed by atoms with van der Waals surface area (Å²) in [5.74, 6) is 0. The highest BCUT2D eigenvalue weighted by Gasteiger charge is 1.97. The lowest BCUT2D eigenvalue weighted by Crippen LogP contribution is -1.66. The number of aromatic amines is 2. The van der Waals surface area contributed by atoms with Crippen molar-refractivity contribution in [2.24, 2.45) is 0 Å².